The van der Waals surface area contributed by atoms with Crippen molar-refractivity contribution in [2.45, 2.75) is 26.7 Å². The Morgan fingerprint density at radius 3 is 1.68 bits per heavy atom. The highest BCUT2D eigenvalue weighted by molar-refractivity contribution is 5.97. The predicted molar refractivity (Wildman–Crippen MR) is 105 cm³/mol. The van der Waals surface area contributed by atoms with Gasteiger partial charge in [0, 0.05) is 25.5 Å². The van der Waals surface area contributed by atoms with Gasteiger partial charge in [-0.15, -0.1) is 0 Å². The summed E-state index contributed by atoms with van der Waals surface area (Å²) >= 11 is 0. The second kappa shape index (κ2) is 11.2. The van der Waals surface area contributed by atoms with Gasteiger partial charge in [-0.25, -0.2) is 0 Å². The van der Waals surface area contributed by atoms with Crippen LogP contribution in [0.15, 0.2) is 58.8 Å². The first kappa shape index (κ1) is 18.9. The molecule has 0 aliphatic carbocycles. The Balaban J connectivity index is 1.54. The molecule has 2 rings (SSSR count). The van der Waals surface area contributed by atoms with E-state index in [-0.39, 0.29) is 0 Å². The van der Waals surface area contributed by atoms with E-state index in [9.17, 15) is 0 Å². The number of hydrogen-bond donors (Lipinski definition) is 1. The fraction of sp³-hybridized carbons (Fsp3) is 0.400. The van der Waals surface area contributed by atoms with E-state index in [1.54, 1.807) is 12.4 Å². The number of nitrogens with zero attached hydrogens (tertiary/aromatic N) is 4. The number of nitrogens with one attached hydrogen (secondary N) is 1. The van der Waals surface area contributed by atoms with Crippen molar-refractivity contribution in [3.8, 4) is 0 Å². The molecule has 0 bridgehead atoms. The zero-order valence-electron chi connectivity index (χ0n) is 15.2. The summed E-state index contributed by atoms with van der Waals surface area (Å²) in [5.41, 5.74) is 3.91. The smallest absolute Gasteiger partial charge is 0.0836 e. The second-order valence-electron chi connectivity index (χ2n) is 5.82. The van der Waals surface area contributed by atoms with E-state index in [0.29, 0.717) is 0 Å². The highest BCUT2D eigenvalue weighted by Gasteiger charge is 1.97. The van der Waals surface area contributed by atoms with Crippen molar-refractivity contribution in [3.63, 3.8) is 0 Å². The maximum atomic E-state index is 4.57. The normalized spacial score (nSPS) is 12.4. The number of pyridine rings is 2. The summed E-state index contributed by atoms with van der Waals surface area (Å²) < 4.78 is 0. The summed E-state index contributed by atoms with van der Waals surface area (Å²) in [6, 6.07) is 11.8. The molecule has 0 saturated carbocycles. The van der Waals surface area contributed by atoms with Crippen LogP contribution in [-0.4, -0.2) is 47.6 Å². The number of hydrogen-bond acceptors (Lipinski definition) is 5. The third kappa shape index (κ3) is 7.35. The first-order valence-electron chi connectivity index (χ1n) is 8.83. The highest BCUT2D eigenvalue weighted by Crippen LogP contribution is 1.98. The first-order chi connectivity index (χ1) is 12.3. The van der Waals surface area contributed by atoms with Crippen molar-refractivity contribution in [3.05, 3.63) is 60.2 Å². The fourth-order valence-electron chi connectivity index (χ4n) is 2.34. The van der Waals surface area contributed by atoms with Crippen LogP contribution in [0.3, 0.4) is 0 Å². The van der Waals surface area contributed by atoms with Gasteiger partial charge in [-0.05, 0) is 64.0 Å². The van der Waals surface area contributed by atoms with Crippen LogP contribution in [0, 0.1) is 0 Å². The van der Waals surface area contributed by atoms with Gasteiger partial charge in [-0.1, -0.05) is 12.1 Å². The molecule has 5 nitrogen and oxygen atoms in total. The van der Waals surface area contributed by atoms with Gasteiger partial charge in [0.1, 0.15) is 0 Å². The fourth-order valence-corrected chi connectivity index (χ4v) is 2.34. The standard InChI is InChI=1S/C20H27N5/c1-17(19-9-3-5-13-24-19)22-15-7-11-21-12-8-16-23-18(2)20-10-4-6-14-25-20/h3-6,9-10,13-14,21H,7-8,11-12,15-16H2,1-2H3. The Morgan fingerprint density at radius 2 is 1.28 bits per heavy atom. The molecule has 0 aliphatic rings. The minimum atomic E-state index is 0.826. The zero-order valence-corrected chi connectivity index (χ0v) is 15.2. The molecule has 0 radical (unpaired) electrons. The number of aliphatic imine (C=N–C) groups is 2. The van der Waals surface area contributed by atoms with Crippen LogP contribution in [0.4, 0.5) is 0 Å². The minimum absolute atomic E-state index is 0.826. The van der Waals surface area contributed by atoms with Gasteiger partial charge in [0.25, 0.3) is 0 Å². The molecule has 2 aromatic rings. The molecule has 0 unspecified atom stereocenters. The van der Waals surface area contributed by atoms with Gasteiger partial charge in [0.2, 0.25) is 0 Å². The molecule has 25 heavy (non-hydrogen) atoms. The SMILES string of the molecule is CC(=NCCCNCCCN=C(C)c1ccccn1)c1ccccn1. The summed E-state index contributed by atoms with van der Waals surface area (Å²) in [4.78, 5) is 17.7. The van der Waals surface area contributed by atoms with Crippen molar-refractivity contribution < 1.29 is 0 Å². The van der Waals surface area contributed by atoms with Gasteiger partial charge in [-0.2, -0.15) is 0 Å². The largest absolute Gasteiger partial charge is 0.317 e. The third-order valence-electron chi connectivity index (χ3n) is 3.79. The summed E-state index contributed by atoms with van der Waals surface area (Å²) in [5, 5.41) is 3.44. The van der Waals surface area contributed by atoms with Crippen LogP contribution in [0.5, 0.6) is 0 Å². The van der Waals surface area contributed by atoms with Gasteiger partial charge >= 0.3 is 0 Å². The molecular weight excluding hydrogens is 310 g/mol. The molecule has 0 aromatic carbocycles. The van der Waals surface area contributed by atoms with Gasteiger partial charge < -0.3 is 5.32 Å². The number of rotatable bonds is 10. The van der Waals surface area contributed by atoms with Crippen molar-refractivity contribution in [2.24, 2.45) is 9.98 Å². The monoisotopic (exact) mass is 337 g/mol. The summed E-state index contributed by atoms with van der Waals surface area (Å²) in [6.07, 6.45) is 5.66. The Morgan fingerprint density at radius 1 is 0.800 bits per heavy atom. The average Bonchev–Trinajstić information content (AvgIpc) is 2.67. The Labute approximate surface area is 150 Å². The molecule has 132 valence electrons. The summed E-state index contributed by atoms with van der Waals surface area (Å²) in [6.45, 7) is 7.62. The molecule has 1 N–H and O–H groups in total. The predicted octanol–water partition coefficient (Wildman–Crippen LogP) is 3.16. The molecule has 0 atom stereocenters. The lowest BCUT2D eigenvalue weighted by Gasteiger charge is -2.04. The molecule has 0 fully saturated rings. The van der Waals surface area contributed by atoms with Crippen LogP contribution in [-0.2, 0) is 0 Å². The molecule has 2 aromatic heterocycles. The van der Waals surface area contributed by atoms with E-state index < -0.39 is 0 Å². The lowest BCUT2D eigenvalue weighted by atomic mass is 10.2. The molecular formula is C20H27N5. The van der Waals surface area contributed by atoms with Gasteiger partial charge in [0.05, 0.1) is 22.8 Å². The van der Waals surface area contributed by atoms with E-state index in [1.807, 2.05) is 50.2 Å². The van der Waals surface area contributed by atoms with Gasteiger partial charge in [0.15, 0.2) is 0 Å². The van der Waals surface area contributed by atoms with Crippen LogP contribution in [0.25, 0.3) is 0 Å². The summed E-state index contributed by atoms with van der Waals surface area (Å²) in [5.74, 6) is 0. The topological polar surface area (TPSA) is 62.5 Å². The second-order valence-corrected chi connectivity index (χ2v) is 5.82. The zero-order chi connectivity index (χ0) is 17.7. The summed E-state index contributed by atoms with van der Waals surface area (Å²) in [7, 11) is 0. The molecule has 2 heterocycles. The van der Waals surface area contributed by atoms with Gasteiger partial charge in [-0.3, -0.25) is 20.0 Å². The molecule has 5 heteroatoms. The number of aromatic nitrogens is 2. The lowest BCUT2D eigenvalue weighted by Crippen LogP contribution is -2.18. The molecule has 0 spiro atoms. The lowest BCUT2D eigenvalue weighted by molar-refractivity contribution is 0.632. The van der Waals surface area contributed by atoms with Crippen LogP contribution >= 0.6 is 0 Å². The minimum Gasteiger partial charge on any atom is -0.317 e. The van der Waals surface area contributed by atoms with E-state index in [0.717, 1.165) is 61.8 Å². The Kier molecular flexibility index (Phi) is 8.49. The van der Waals surface area contributed by atoms with Crippen molar-refractivity contribution in [2.75, 3.05) is 26.2 Å². The highest BCUT2D eigenvalue weighted by atomic mass is 14.9. The Hall–Kier alpha value is -2.40. The maximum Gasteiger partial charge on any atom is 0.0836 e. The van der Waals surface area contributed by atoms with Crippen LogP contribution in [0.2, 0.25) is 0 Å². The van der Waals surface area contributed by atoms with E-state index in [2.05, 4.69) is 25.3 Å². The van der Waals surface area contributed by atoms with Crippen molar-refractivity contribution in [1.29, 1.82) is 0 Å². The van der Waals surface area contributed by atoms with E-state index in [1.165, 1.54) is 0 Å². The van der Waals surface area contributed by atoms with Crippen LogP contribution in [0.1, 0.15) is 38.1 Å². The van der Waals surface area contributed by atoms with Crippen molar-refractivity contribution >= 4 is 11.4 Å². The Bertz CT molecular complexity index is 606. The van der Waals surface area contributed by atoms with Crippen molar-refractivity contribution in [1.82, 2.24) is 15.3 Å². The maximum absolute atomic E-state index is 4.57. The quantitative estimate of drug-likeness (QED) is 0.535. The third-order valence-corrected chi connectivity index (χ3v) is 3.79. The van der Waals surface area contributed by atoms with E-state index >= 15 is 0 Å². The molecule has 0 amide bonds. The van der Waals surface area contributed by atoms with E-state index in [4.69, 9.17) is 0 Å². The average molecular weight is 337 g/mol. The van der Waals surface area contributed by atoms with Crippen LogP contribution < -0.4 is 5.32 Å². The molecule has 0 saturated heterocycles. The first-order valence-corrected chi connectivity index (χ1v) is 8.83. The molecule has 0 aliphatic heterocycles.